The van der Waals surface area contributed by atoms with Gasteiger partial charge >= 0.3 is 0 Å². The number of nitrogens with two attached hydrogens (primary N) is 1. The number of nitrogens with one attached hydrogen (secondary N) is 1. The Labute approximate surface area is 163 Å². The van der Waals surface area contributed by atoms with Gasteiger partial charge in [-0.2, -0.15) is 0 Å². The fourth-order valence-corrected chi connectivity index (χ4v) is 6.28. The minimum Gasteiger partial charge on any atom is -0.392 e. The number of aliphatic hydroxyl groups is 1. The van der Waals surface area contributed by atoms with Crippen LogP contribution in [0.15, 0.2) is 29.7 Å². The molecule has 7 unspecified atom stereocenters. The number of aliphatic hydroxyl groups excluding tert-OH is 1. The van der Waals surface area contributed by atoms with E-state index in [4.69, 9.17) is 5.73 Å². The summed E-state index contributed by atoms with van der Waals surface area (Å²) in [6.07, 6.45) is 2.15. The molecule has 146 valence electrons. The Bertz CT molecular complexity index is 771. The first-order valence-corrected chi connectivity index (χ1v) is 10.7. The van der Waals surface area contributed by atoms with Crippen molar-refractivity contribution in [2.75, 3.05) is 6.54 Å². The first-order chi connectivity index (χ1) is 12.9. The lowest BCUT2D eigenvalue weighted by molar-refractivity contribution is -0.128. The highest BCUT2D eigenvalue weighted by atomic mass is 32.2. The minimum absolute atomic E-state index is 0.00111. The number of halogens is 1. The van der Waals surface area contributed by atoms with E-state index < -0.39 is 6.10 Å². The molecule has 1 aromatic rings. The number of amides is 1. The monoisotopic (exact) mass is 390 g/mol. The lowest BCUT2D eigenvalue weighted by atomic mass is 9.60. The van der Waals surface area contributed by atoms with Gasteiger partial charge in [-0.05, 0) is 53.3 Å². The molecule has 1 saturated heterocycles. The van der Waals surface area contributed by atoms with Crippen molar-refractivity contribution in [3.8, 4) is 0 Å². The van der Waals surface area contributed by atoms with Crippen LogP contribution in [0.1, 0.15) is 43.2 Å². The van der Waals surface area contributed by atoms with E-state index in [9.17, 15) is 14.3 Å². The molecule has 6 heteroatoms. The van der Waals surface area contributed by atoms with E-state index in [1.165, 1.54) is 0 Å². The molecule has 2 heterocycles. The van der Waals surface area contributed by atoms with Gasteiger partial charge in [0, 0.05) is 17.9 Å². The predicted molar refractivity (Wildman–Crippen MR) is 106 cm³/mol. The van der Waals surface area contributed by atoms with E-state index in [1.54, 1.807) is 23.9 Å². The third-order valence-electron chi connectivity index (χ3n) is 6.65. The number of hydrogen-bond acceptors (Lipinski definition) is 4. The zero-order valence-electron chi connectivity index (χ0n) is 15.6. The lowest BCUT2D eigenvalue weighted by Gasteiger charge is -2.51. The van der Waals surface area contributed by atoms with Gasteiger partial charge in [0.25, 0.3) is 0 Å². The molecular weight excluding hydrogens is 363 g/mol. The quantitative estimate of drug-likeness (QED) is 0.742. The third kappa shape index (κ3) is 3.12. The van der Waals surface area contributed by atoms with E-state index >= 15 is 0 Å². The van der Waals surface area contributed by atoms with Crippen LogP contribution in [0.4, 0.5) is 4.39 Å². The standard InChI is InChI=1S/C21H27FN2O2S/c1-10-7-16(25)17(12-3-4-13(11(2)9-23)15(22)8-12)18-14-5-6-27-20(14)21(26)24-19(10)18/h3-6,8,10-11,14,16-20,25H,7,9,23H2,1-2H3,(H,24,26)/t10?,11-,14?,16?,17?,18?,19?,20?/m1/s1. The number of piperidine rings is 1. The molecular formula is C21H27FN2O2S. The van der Waals surface area contributed by atoms with Crippen LogP contribution in [0.5, 0.6) is 0 Å². The highest BCUT2D eigenvalue weighted by molar-refractivity contribution is 8.03. The maximum atomic E-state index is 14.8. The molecule has 2 aliphatic heterocycles. The predicted octanol–water partition coefficient (Wildman–Crippen LogP) is 2.73. The van der Waals surface area contributed by atoms with Crippen LogP contribution in [-0.4, -0.2) is 35.0 Å². The molecule has 2 fully saturated rings. The van der Waals surface area contributed by atoms with Crippen molar-refractivity contribution in [3.63, 3.8) is 0 Å². The summed E-state index contributed by atoms with van der Waals surface area (Å²) in [7, 11) is 0. The average Bonchev–Trinajstić information content (AvgIpc) is 3.13. The molecule has 1 aromatic carbocycles. The summed E-state index contributed by atoms with van der Waals surface area (Å²) in [4.78, 5) is 12.5. The second-order valence-electron chi connectivity index (χ2n) is 8.30. The number of rotatable bonds is 3. The number of carbonyl (C=O) groups excluding carboxylic acids is 1. The van der Waals surface area contributed by atoms with Gasteiger partial charge in [-0.3, -0.25) is 4.79 Å². The molecule has 4 nitrogen and oxygen atoms in total. The van der Waals surface area contributed by atoms with Gasteiger partial charge in [0.05, 0.1) is 11.4 Å². The van der Waals surface area contributed by atoms with Crippen molar-refractivity contribution in [2.24, 2.45) is 23.5 Å². The summed E-state index contributed by atoms with van der Waals surface area (Å²) in [6.45, 7) is 4.38. The fourth-order valence-electron chi connectivity index (χ4n) is 5.20. The molecule has 0 radical (unpaired) electrons. The number of allylic oxidation sites excluding steroid dienone is 1. The molecule has 8 atom stereocenters. The van der Waals surface area contributed by atoms with E-state index in [0.717, 1.165) is 5.56 Å². The van der Waals surface area contributed by atoms with Gasteiger partial charge in [-0.25, -0.2) is 4.39 Å². The van der Waals surface area contributed by atoms with Gasteiger partial charge in [0.15, 0.2) is 0 Å². The number of carbonyl (C=O) groups is 1. The molecule has 4 rings (SSSR count). The summed E-state index contributed by atoms with van der Waals surface area (Å²) in [6, 6.07) is 5.31. The van der Waals surface area contributed by atoms with E-state index in [0.29, 0.717) is 18.5 Å². The Morgan fingerprint density at radius 1 is 1.44 bits per heavy atom. The normalized spacial score (nSPS) is 38.9. The van der Waals surface area contributed by atoms with Crippen LogP contribution in [0.2, 0.25) is 0 Å². The maximum absolute atomic E-state index is 14.8. The van der Waals surface area contributed by atoms with E-state index in [1.807, 2.05) is 18.4 Å². The summed E-state index contributed by atoms with van der Waals surface area (Å²) >= 11 is 1.54. The molecule has 27 heavy (non-hydrogen) atoms. The zero-order valence-corrected chi connectivity index (χ0v) is 16.5. The molecule has 1 saturated carbocycles. The van der Waals surface area contributed by atoms with Crippen LogP contribution in [-0.2, 0) is 4.79 Å². The van der Waals surface area contributed by atoms with Crippen molar-refractivity contribution in [1.82, 2.24) is 5.32 Å². The summed E-state index contributed by atoms with van der Waals surface area (Å²) in [5.41, 5.74) is 7.12. The van der Waals surface area contributed by atoms with Crippen LogP contribution < -0.4 is 11.1 Å². The number of benzene rings is 1. The number of thioether (sulfide) groups is 1. The van der Waals surface area contributed by atoms with Crippen molar-refractivity contribution in [3.05, 3.63) is 46.6 Å². The zero-order chi connectivity index (χ0) is 19.3. The van der Waals surface area contributed by atoms with Gasteiger partial charge < -0.3 is 16.2 Å². The maximum Gasteiger partial charge on any atom is 0.234 e. The average molecular weight is 391 g/mol. The molecule has 4 N–H and O–H groups in total. The highest BCUT2D eigenvalue weighted by Gasteiger charge is 2.53. The molecule has 1 aliphatic carbocycles. The smallest absolute Gasteiger partial charge is 0.234 e. The van der Waals surface area contributed by atoms with Crippen molar-refractivity contribution in [1.29, 1.82) is 0 Å². The third-order valence-corrected chi connectivity index (χ3v) is 7.79. The van der Waals surface area contributed by atoms with Crippen molar-refractivity contribution >= 4 is 17.7 Å². The molecule has 0 spiro atoms. The Morgan fingerprint density at radius 3 is 2.93 bits per heavy atom. The summed E-state index contributed by atoms with van der Waals surface area (Å²) in [5.74, 6) is -0.102. The lowest BCUT2D eigenvalue weighted by Crippen LogP contribution is -2.62. The molecule has 0 aromatic heterocycles. The summed E-state index contributed by atoms with van der Waals surface area (Å²) in [5, 5.41) is 16.0. The van der Waals surface area contributed by atoms with Crippen molar-refractivity contribution < 1.29 is 14.3 Å². The Balaban J connectivity index is 1.73. The van der Waals surface area contributed by atoms with Crippen LogP contribution in [0, 0.1) is 23.6 Å². The molecule has 1 amide bonds. The molecule has 0 bridgehead atoms. The van der Waals surface area contributed by atoms with E-state index in [2.05, 4.69) is 18.3 Å². The van der Waals surface area contributed by atoms with Crippen molar-refractivity contribution in [2.45, 2.75) is 49.5 Å². The Morgan fingerprint density at radius 2 is 2.22 bits per heavy atom. The van der Waals surface area contributed by atoms with E-state index in [-0.39, 0.29) is 52.6 Å². The topological polar surface area (TPSA) is 75.3 Å². The van der Waals surface area contributed by atoms with Gasteiger partial charge in [-0.1, -0.05) is 32.1 Å². The highest BCUT2D eigenvalue weighted by Crippen LogP contribution is 2.51. The van der Waals surface area contributed by atoms with Gasteiger partial charge in [-0.15, -0.1) is 11.8 Å². The fraction of sp³-hybridized carbons (Fsp3) is 0.571. The van der Waals surface area contributed by atoms with Gasteiger partial charge in [0.1, 0.15) is 5.82 Å². The first kappa shape index (κ1) is 19.0. The SMILES string of the molecule is CC1CC(O)C(c2ccc([C@H](C)CN)c(F)c2)C2C3C=CSC3C(=O)NC12. The van der Waals surface area contributed by atoms with Crippen LogP contribution >= 0.6 is 11.8 Å². The summed E-state index contributed by atoms with van der Waals surface area (Å²) < 4.78 is 14.8. The van der Waals surface area contributed by atoms with Crippen LogP contribution in [0.25, 0.3) is 0 Å². The number of hydrogen-bond donors (Lipinski definition) is 3. The molecule has 3 aliphatic rings. The second kappa shape index (κ2) is 7.22. The minimum atomic E-state index is -0.548. The Kier molecular flexibility index (Phi) is 5.08. The van der Waals surface area contributed by atoms with Gasteiger partial charge in [0.2, 0.25) is 5.91 Å². The Hall–Kier alpha value is -1.37. The van der Waals surface area contributed by atoms with Crippen LogP contribution in [0.3, 0.4) is 0 Å². The first-order valence-electron chi connectivity index (χ1n) is 9.72. The number of fused-ring (bicyclic) bond motifs is 3. The second-order valence-corrected chi connectivity index (χ2v) is 9.35. The largest absolute Gasteiger partial charge is 0.392 e.